The maximum absolute atomic E-state index is 13.6. The molecule has 6 aliphatic rings. The lowest BCUT2D eigenvalue weighted by atomic mass is 9.35. The fourth-order valence-corrected chi connectivity index (χ4v) is 8.29. The maximum Gasteiger partial charge on any atom is 0.304 e. The lowest BCUT2D eigenvalue weighted by Crippen LogP contribution is -2.67. The van der Waals surface area contributed by atoms with Crippen LogP contribution in [0.15, 0.2) is 24.3 Å². The predicted molar refractivity (Wildman–Crippen MR) is 99.1 cm³/mol. The quantitative estimate of drug-likeness (QED) is 0.643. The maximum atomic E-state index is 13.6. The molecule has 5 saturated carbocycles. The Kier molecular flexibility index (Phi) is 3.59. The van der Waals surface area contributed by atoms with E-state index in [4.69, 9.17) is 8.37 Å². The van der Waals surface area contributed by atoms with Gasteiger partial charge in [-0.15, -0.1) is 0 Å². The molecule has 26 heavy (non-hydrogen) atoms. The molecule has 1 aliphatic heterocycles. The van der Waals surface area contributed by atoms with E-state index in [2.05, 4.69) is 20.1 Å². The summed E-state index contributed by atoms with van der Waals surface area (Å²) in [5.74, 6) is 1.29. The highest BCUT2D eigenvalue weighted by atomic mass is 32.2. The molecule has 0 aromatic carbocycles. The van der Waals surface area contributed by atoms with E-state index in [1.807, 2.05) is 0 Å². The molecule has 1 heterocycles. The second-order valence-corrected chi connectivity index (χ2v) is 10.5. The smallest absolute Gasteiger partial charge is 0.299 e. The predicted octanol–water partition coefficient (Wildman–Crippen LogP) is 3.91. The number of Topliss-reactive ketones (excluding diaryl/α,β-unsaturated/α-hetero) is 1. The summed E-state index contributed by atoms with van der Waals surface area (Å²) in [6.45, 7) is 11.7. The molecule has 4 nitrogen and oxygen atoms in total. The van der Waals surface area contributed by atoms with E-state index in [9.17, 15) is 9.00 Å². The van der Waals surface area contributed by atoms with Gasteiger partial charge in [-0.05, 0) is 66.4 Å². The fourth-order valence-electron chi connectivity index (χ4n) is 7.54. The lowest BCUT2D eigenvalue weighted by molar-refractivity contribution is -0.193. The van der Waals surface area contributed by atoms with Crippen molar-refractivity contribution in [3.8, 4) is 0 Å². The van der Waals surface area contributed by atoms with Crippen molar-refractivity contribution in [3.63, 3.8) is 0 Å². The van der Waals surface area contributed by atoms with Crippen molar-refractivity contribution in [3.05, 3.63) is 24.3 Å². The molecule has 7 atom stereocenters. The first-order valence-corrected chi connectivity index (χ1v) is 10.9. The molecule has 1 spiro atoms. The Labute approximate surface area is 158 Å². The molecule has 6 fully saturated rings. The summed E-state index contributed by atoms with van der Waals surface area (Å²) in [5, 5.41) is 0. The zero-order valence-electron chi connectivity index (χ0n) is 15.6. The Bertz CT molecular complexity index is 744. The molecular weight excluding hydrogens is 348 g/mol. The summed E-state index contributed by atoms with van der Waals surface area (Å²) in [7, 11) is 0. The molecule has 0 aromatic rings. The molecule has 0 N–H and O–H groups in total. The number of ketones is 1. The number of carbonyl (C=O) groups excluding carboxylic acids is 1. The number of rotatable bonds is 0. The molecular formula is C21H28O4S. The Hall–Kier alpha value is -0.780. The second-order valence-electron chi connectivity index (χ2n) is 9.65. The van der Waals surface area contributed by atoms with Gasteiger partial charge in [-0.25, -0.2) is 0 Å². The Balaban J connectivity index is 1.68. The van der Waals surface area contributed by atoms with Crippen molar-refractivity contribution >= 4 is 17.1 Å². The number of allylic oxidation sites excluding steroid dienone is 2. The summed E-state index contributed by atoms with van der Waals surface area (Å²) in [4.78, 5) is 13.6. The number of hydrogen-bond donors (Lipinski definition) is 0. The van der Waals surface area contributed by atoms with Crippen molar-refractivity contribution in [2.75, 3.05) is 13.2 Å². The topological polar surface area (TPSA) is 52.6 Å². The van der Waals surface area contributed by atoms with Crippen molar-refractivity contribution in [1.82, 2.24) is 0 Å². The molecule has 142 valence electrons. The van der Waals surface area contributed by atoms with Crippen molar-refractivity contribution in [2.24, 2.45) is 34.0 Å². The molecule has 0 amide bonds. The van der Waals surface area contributed by atoms with Gasteiger partial charge in [0, 0.05) is 11.8 Å². The van der Waals surface area contributed by atoms with E-state index in [0.717, 1.165) is 49.7 Å². The molecule has 5 aliphatic carbocycles. The number of hydrogen-bond acceptors (Lipinski definition) is 4. The highest BCUT2D eigenvalue weighted by Gasteiger charge is 2.70. The van der Waals surface area contributed by atoms with Crippen LogP contribution in [0.25, 0.3) is 0 Å². The Morgan fingerprint density at radius 3 is 2.69 bits per heavy atom. The van der Waals surface area contributed by atoms with Crippen LogP contribution in [0.5, 0.6) is 0 Å². The minimum atomic E-state index is -1.69. The van der Waals surface area contributed by atoms with Crippen LogP contribution in [0.1, 0.15) is 51.9 Å². The molecule has 3 unspecified atom stereocenters. The molecule has 0 radical (unpaired) electrons. The fraction of sp³-hybridized carbons (Fsp3) is 0.762. The van der Waals surface area contributed by atoms with E-state index in [1.165, 1.54) is 0 Å². The monoisotopic (exact) mass is 376 g/mol. The van der Waals surface area contributed by atoms with Crippen LogP contribution in [0.4, 0.5) is 0 Å². The van der Waals surface area contributed by atoms with Crippen LogP contribution in [0.2, 0.25) is 0 Å². The average molecular weight is 377 g/mol. The van der Waals surface area contributed by atoms with Gasteiger partial charge in [0.2, 0.25) is 0 Å². The second kappa shape index (κ2) is 5.39. The van der Waals surface area contributed by atoms with Gasteiger partial charge in [-0.2, -0.15) is 4.21 Å². The highest BCUT2D eigenvalue weighted by molar-refractivity contribution is 7.75. The zero-order valence-corrected chi connectivity index (χ0v) is 16.4. The van der Waals surface area contributed by atoms with Gasteiger partial charge < -0.3 is 0 Å². The largest absolute Gasteiger partial charge is 0.304 e. The molecule has 5 heteroatoms. The van der Waals surface area contributed by atoms with Gasteiger partial charge in [-0.1, -0.05) is 26.5 Å². The molecule has 4 bridgehead atoms. The first kappa shape index (κ1) is 17.3. The zero-order chi connectivity index (χ0) is 18.3. The van der Waals surface area contributed by atoms with Crippen LogP contribution in [-0.4, -0.2) is 23.2 Å². The SMILES string of the molecule is C=C1C(=C)[C@]23CC[C@H]1CC2[C@@]12CCC[C@@](C)(COS(=O)OC1)C2CC3=O. The summed E-state index contributed by atoms with van der Waals surface area (Å²) in [6.07, 6.45) is 6.73. The Morgan fingerprint density at radius 1 is 1.12 bits per heavy atom. The normalized spacial score (nSPS) is 53.5. The third kappa shape index (κ3) is 1.92. The third-order valence-electron chi connectivity index (χ3n) is 8.84. The van der Waals surface area contributed by atoms with Gasteiger partial charge in [0.05, 0.1) is 18.6 Å². The van der Waals surface area contributed by atoms with E-state index in [0.29, 0.717) is 31.3 Å². The van der Waals surface area contributed by atoms with Crippen LogP contribution < -0.4 is 0 Å². The summed E-state index contributed by atoms with van der Waals surface area (Å²) in [5.41, 5.74) is 1.44. The summed E-state index contributed by atoms with van der Waals surface area (Å²) in [6, 6.07) is 0. The van der Waals surface area contributed by atoms with E-state index in [1.54, 1.807) is 0 Å². The minimum Gasteiger partial charge on any atom is -0.299 e. The van der Waals surface area contributed by atoms with Crippen LogP contribution >= 0.6 is 0 Å². The van der Waals surface area contributed by atoms with E-state index >= 15 is 0 Å². The Morgan fingerprint density at radius 2 is 1.88 bits per heavy atom. The van der Waals surface area contributed by atoms with Crippen LogP contribution in [0, 0.1) is 34.0 Å². The van der Waals surface area contributed by atoms with Gasteiger partial charge in [-0.3, -0.25) is 13.2 Å². The van der Waals surface area contributed by atoms with Gasteiger partial charge in [0.15, 0.2) is 0 Å². The minimum absolute atomic E-state index is 0.0946. The van der Waals surface area contributed by atoms with Crippen LogP contribution in [-0.2, 0) is 24.5 Å². The van der Waals surface area contributed by atoms with E-state index < -0.39 is 16.8 Å². The van der Waals surface area contributed by atoms with Gasteiger partial charge in [0.25, 0.3) is 0 Å². The molecule has 6 rings (SSSR count). The third-order valence-corrected chi connectivity index (χ3v) is 9.46. The van der Waals surface area contributed by atoms with E-state index in [-0.39, 0.29) is 22.7 Å². The van der Waals surface area contributed by atoms with Crippen molar-refractivity contribution in [1.29, 1.82) is 0 Å². The summed E-state index contributed by atoms with van der Waals surface area (Å²) >= 11 is -1.69. The number of fused-ring (bicyclic) bond motifs is 2. The van der Waals surface area contributed by atoms with Gasteiger partial charge >= 0.3 is 11.4 Å². The number of carbonyl (C=O) groups is 1. The van der Waals surface area contributed by atoms with Crippen molar-refractivity contribution < 1.29 is 17.4 Å². The molecule has 1 saturated heterocycles. The summed E-state index contributed by atoms with van der Waals surface area (Å²) < 4.78 is 23.4. The highest BCUT2D eigenvalue weighted by Crippen LogP contribution is 2.72. The van der Waals surface area contributed by atoms with Crippen LogP contribution in [0.3, 0.4) is 0 Å². The van der Waals surface area contributed by atoms with Crippen molar-refractivity contribution in [2.45, 2.75) is 51.9 Å². The molecule has 0 aromatic heterocycles. The first-order valence-electron chi connectivity index (χ1n) is 9.94. The lowest BCUT2D eigenvalue weighted by Gasteiger charge is -2.68. The first-order chi connectivity index (χ1) is 12.3. The average Bonchev–Trinajstić information content (AvgIpc) is 2.63. The van der Waals surface area contributed by atoms with Gasteiger partial charge in [0.1, 0.15) is 5.78 Å². The standard InChI is InChI=1S/C21H28O4S/c1-13-14(2)21-8-5-15(13)9-17(21)20-7-4-6-19(3,16(20)10-18(21)22)11-24-26(23)25-12-20/h15-17H,1-2,4-12H2,3H3/t15-,16?,17?,19-,20-,21+,26?/m0/s1.